The third kappa shape index (κ3) is 4.62. The van der Waals surface area contributed by atoms with Crippen molar-refractivity contribution in [3.05, 3.63) is 22.8 Å². The summed E-state index contributed by atoms with van der Waals surface area (Å²) < 4.78 is 5.92. The molecule has 1 spiro atoms. The zero-order valence-corrected chi connectivity index (χ0v) is 24.2. The van der Waals surface area contributed by atoms with Crippen molar-refractivity contribution in [2.24, 2.45) is 28.6 Å². The molecule has 0 aromatic heterocycles. The summed E-state index contributed by atoms with van der Waals surface area (Å²) in [6.45, 7) is 9.89. The Morgan fingerprint density at radius 1 is 1.08 bits per heavy atom. The molecule has 4 rings (SSSR count). The Balaban J connectivity index is 1.50. The van der Waals surface area contributed by atoms with Crippen LogP contribution in [0.15, 0.2) is 22.8 Å². The van der Waals surface area contributed by atoms with Crippen LogP contribution >= 0.6 is 0 Å². The highest BCUT2D eigenvalue weighted by atomic mass is 16.6. The van der Waals surface area contributed by atoms with Crippen LogP contribution in [0.3, 0.4) is 0 Å². The minimum absolute atomic E-state index is 0.0241. The highest BCUT2D eigenvalue weighted by molar-refractivity contribution is 5.93. The van der Waals surface area contributed by atoms with Crippen molar-refractivity contribution in [1.29, 1.82) is 0 Å². The lowest BCUT2D eigenvalue weighted by atomic mass is 9.59. The number of esters is 1. The van der Waals surface area contributed by atoms with Crippen LogP contribution in [0.4, 0.5) is 0 Å². The Morgan fingerprint density at radius 2 is 1.68 bits per heavy atom. The number of hydrogen-bond donors (Lipinski definition) is 3. The van der Waals surface area contributed by atoms with Gasteiger partial charge in [-0.2, -0.15) is 0 Å². The summed E-state index contributed by atoms with van der Waals surface area (Å²) in [7, 11) is 0. The first-order valence-electron chi connectivity index (χ1n) is 15.1. The van der Waals surface area contributed by atoms with E-state index in [-0.39, 0.29) is 35.9 Å². The number of ether oxygens (including phenoxy) is 1. The van der Waals surface area contributed by atoms with E-state index in [1.807, 2.05) is 6.92 Å². The second-order valence-corrected chi connectivity index (χ2v) is 13.3. The van der Waals surface area contributed by atoms with Crippen molar-refractivity contribution in [1.82, 2.24) is 0 Å². The largest absolute Gasteiger partial charge is 0.455 e. The van der Waals surface area contributed by atoms with Crippen molar-refractivity contribution < 1.29 is 29.6 Å². The molecule has 2 saturated carbocycles. The molecule has 0 saturated heterocycles. The summed E-state index contributed by atoms with van der Waals surface area (Å²) in [5.41, 5.74) is -1.72. The van der Waals surface area contributed by atoms with E-state index in [0.29, 0.717) is 17.1 Å². The maximum Gasteiger partial charge on any atom is 0.306 e. The van der Waals surface area contributed by atoms with Gasteiger partial charge in [0, 0.05) is 12.8 Å². The van der Waals surface area contributed by atoms with Crippen LogP contribution < -0.4 is 0 Å². The van der Waals surface area contributed by atoms with Gasteiger partial charge in [0.25, 0.3) is 0 Å². The lowest BCUT2D eigenvalue weighted by Gasteiger charge is -2.48. The van der Waals surface area contributed by atoms with Gasteiger partial charge >= 0.3 is 5.97 Å². The molecule has 3 N–H and O–H groups in total. The van der Waals surface area contributed by atoms with E-state index < -0.39 is 35.8 Å². The number of rotatable bonds is 12. The van der Waals surface area contributed by atoms with Gasteiger partial charge in [0.1, 0.15) is 11.9 Å². The summed E-state index contributed by atoms with van der Waals surface area (Å²) in [5, 5.41) is 34.6. The molecule has 4 aliphatic rings. The SMILES string of the molecule is CCCCCCCCCCCC(=O)OC1C(C)=CC23C(=O)CC(=C(CO)C(O)C12O)C1C(CC3C)C1(C)C. The molecule has 7 atom stereocenters. The van der Waals surface area contributed by atoms with Crippen LogP contribution in [0.2, 0.25) is 0 Å². The van der Waals surface area contributed by atoms with Crippen LogP contribution in [0.25, 0.3) is 0 Å². The third-order valence-electron chi connectivity index (χ3n) is 10.6. The zero-order valence-electron chi connectivity index (χ0n) is 24.2. The highest BCUT2D eigenvalue weighted by Crippen LogP contribution is 2.70. The molecule has 7 unspecified atom stereocenters. The molecule has 38 heavy (non-hydrogen) atoms. The summed E-state index contributed by atoms with van der Waals surface area (Å²) in [4.78, 5) is 27.0. The minimum Gasteiger partial charge on any atom is -0.455 e. The molecule has 214 valence electrons. The van der Waals surface area contributed by atoms with E-state index in [4.69, 9.17) is 4.74 Å². The van der Waals surface area contributed by atoms with Crippen molar-refractivity contribution in [2.75, 3.05) is 6.61 Å². The Hall–Kier alpha value is -1.50. The lowest BCUT2D eigenvalue weighted by molar-refractivity contribution is -0.203. The monoisotopic (exact) mass is 530 g/mol. The Morgan fingerprint density at radius 3 is 2.29 bits per heavy atom. The first-order chi connectivity index (χ1) is 18.0. The molecule has 0 aromatic carbocycles. The standard InChI is InChI=1S/C32H50O6/c1-6-7-8-9-10-11-12-13-14-15-26(35)38-29-20(2)18-31-21(3)16-24-27(30(24,4)5)22(17-25(31)34)23(19-33)28(36)32(29,31)37/h18,21,24,27-29,33,36-37H,6-17,19H2,1-5H3. The number of aliphatic hydroxyl groups excluding tert-OH is 2. The van der Waals surface area contributed by atoms with E-state index in [0.717, 1.165) is 31.3 Å². The zero-order chi connectivity index (χ0) is 27.9. The van der Waals surface area contributed by atoms with Crippen molar-refractivity contribution >= 4 is 11.8 Å². The summed E-state index contributed by atoms with van der Waals surface area (Å²) in [6, 6.07) is 0. The summed E-state index contributed by atoms with van der Waals surface area (Å²) >= 11 is 0. The quantitative estimate of drug-likeness (QED) is 0.177. The lowest BCUT2D eigenvalue weighted by Crippen LogP contribution is -2.65. The average molecular weight is 531 g/mol. The first-order valence-corrected chi connectivity index (χ1v) is 15.1. The molecule has 4 aliphatic carbocycles. The number of ketones is 1. The molecular formula is C32H50O6. The van der Waals surface area contributed by atoms with Crippen LogP contribution in [0.5, 0.6) is 0 Å². The fraction of sp³-hybridized carbons (Fsp3) is 0.812. The minimum atomic E-state index is -2.04. The van der Waals surface area contributed by atoms with Gasteiger partial charge in [-0.05, 0) is 54.1 Å². The Kier molecular flexibility index (Phi) is 8.67. The van der Waals surface area contributed by atoms with Gasteiger partial charge in [-0.3, -0.25) is 9.59 Å². The fourth-order valence-electron chi connectivity index (χ4n) is 8.37. The fourth-order valence-corrected chi connectivity index (χ4v) is 8.37. The predicted molar refractivity (Wildman–Crippen MR) is 147 cm³/mol. The van der Waals surface area contributed by atoms with Gasteiger partial charge in [-0.1, -0.05) is 90.7 Å². The summed E-state index contributed by atoms with van der Waals surface area (Å²) in [5.74, 6) is -0.402. The Bertz CT molecular complexity index is 978. The number of Topliss-reactive ketones (excluding diaryl/α,β-unsaturated/α-hetero) is 1. The van der Waals surface area contributed by atoms with Crippen molar-refractivity contribution in [3.8, 4) is 0 Å². The van der Waals surface area contributed by atoms with Crippen LogP contribution in [-0.4, -0.2) is 51.5 Å². The average Bonchev–Trinajstić information content (AvgIpc) is 3.31. The van der Waals surface area contributed by atoms with Crippen LogP contribution in [0.1, 0.15) is 112 Å². The molecule has 0 aromatic rings. The van der Waals surface area contributed by atoms with E-state index in [1.54, 1.807) is 13.0 Å². The molecule has 2 bridgehead atoms. The second kappa shape index (κ2) is 11.2. The topological polar surface area (TPSA) is 104 Å². The van der Waals surface area contributed by atoms with Gasteiger partial charge in [-0.15, -0.1) is 0 Å². The number of unbranched alkanes of at least 4 members (excludes halogenated alkanes) is 8. The maximum atomic E-state index is 14.0. The van der Waals surface area contributed by atoms with Crippen molar-refractivity contribution in [2.45, 2.75) is 129 Å². The normalized spacial score (nSPS) is 37.2. The molecular weight excluding hydrogens is 480 g/mol. The number of hydrogen-bond acceptors (Lipinski definition) is 6. The van der Waals surface area contributed by atoms with Crippen LogP contribution in [-0.2, 0) is 14.3 Å². The molecule has 6 nitrogen and oxygen atoms in total. The predicted octanol–water partition coefficient (Wildman–Crippen LogP) is 5.43. The highest BCUT2D eigenvalue weighted by Gasteiger charge is 2.74. The molecule has 0 amide bonds. The van der Waals surface area contributed by atoms with Crippen LogP contribution in [0, 0.1) is 28.6 Å². The number of carbonyl (C=O) groups is 2. The molecule has 0 aliphatic heterocycles. The van der Waals surface area contributed by atoms with Gasteiger partial charge in [0.05, 0.1) is 12.0 Å². The number of aliphatic hydroxyl groups is 3. The van der Waals surface area contributed by atoms with Gasteiger partial charge < -0.3 is 20.1 Å². The number of allylic oxidation sites excluding steroid dienone is 1. The van der Waals surface area contributed by atoms with E-state index >= 15 is 0 Å². The Labute approximate surface area is 228 Å². The molecule has 2 fully saturated rings. The van der Waals surface area contributed by atoms with Gasteiger partial charge in [-0.25, -0.2) is 0 Å². The summed E-state index contributed by atoms with van der Waals surface area (Å²) in [6.07, 6.45) is 10.5. The molecule has 0 heterocycles. The molecule has 0 radical (unpaired) electrons. The molecule has 6 heteroatoms. The van der Waals surface area contributed by atoms with Gasteiger partial charge in [0.15, 0.2) is 11.7 Å². The second-order valence-electron chi connectivity index (χ2n) is 13.3. The van der Waals surface area contributed by atoms with E-state index in [9.17, 15) is 24.9 Å². The number of carbonyl (C=O) groups excluding carboxylic acids is 2. The van der Waals surface area contributed by atoms with E-state index in [1.165, 1.54) is 38.5 Å². The van der Waals surface area contributed by atoms with E-state index in [2.05, 4.69) is 20.8 Å². The first kappa shape index (κ1) is 29.5. The third-order valence-corrected chi connectivity index (χ3v) is 10.6. The smallest absolute Gasteiger partial charge is 0.306 e. The van der Waals surface area contributed by atoms with Gasteiger partial charge in [0.2, 0.25) is 0 Å². The van der Waals surface area contributed by atoms with Crippen molar-refractivity contribution in [3.63, 3.8) is 0 Å². The maximum absolute atomic E-state index is 14.0. The number of fused-ring (bicyclic) bond motifs is 4.